The first-order chi connectivity index (χ1) is 13.3. The Morgan fingerprint density at radius 2 is 2.00 bits per heavy atom. The van der Waals surface area contributed by atoms with Gasteiger partial charge >= 0.3 is 0 Å². The van der Waals surface area contributed by atoms with E-state index in [4.69, 9.17) is 4.74 Å². The molecule has 27 heavy (non-hydrogen) atoms. The van der Waals surface area contributed by atoms with Gasteiger partial charge in [-0.25, -0.2) is 0 Å². The quantitative estimate of drug-likeness (QED) is 0.785. The first kappa shape index (κ1) is 17.4. The second-order valence-corrected chi connectivity index (χ2v) is 8.86. The summed E-state index contributed by atoms with van der Waals surface area (Å²) in [5, 5.41) is 4.56. The van der Waals surface area contributed by atoms with Crippen molar-refractivity contribution < 1.29 is 4.74 Å². The molecule has 3 aliphatic rings. The topological polar surface area (TPSA) is 43.2 Å². The normalized spacial score (nSPS) is 31.1. The van der Waals surface area contributed by atoms with Gasteiger partial charge in [0.25, 0.3) is 0 Å². The summed E-state index contributed by atoms with van der Waals surface area (Å²) in [6, 6.07) is 4.55. The highest BCUT2D eigenvalue weighted by atomic mass is 16.5. The Bertz CT molecular complexity index is 757. The Hall–Kier alpha value is -1.72. The Kier molecular flexibility index (Phi) is 4.74. The molecule has 2 aromatic rings. The van der Waals surface area contributed by atoms with Crippen LogP contribution in [0.25, 0.3) is 0 Å². The van der Waals surface area contributed by atoms with Gasteiger partial charge in [0.1, 0.15) is 0 Å². The third-order valence-electron chi connectivity index (χ3n) is 6.81. The summed E-state index contributed by atoms with van der Waals surface area (Å²) in [4.78, 5) is 6.95. The number of likely N-dealkylation sites (tertiary alicyclic amines) is 1. The average molecular weight is 367 g/mol. The zero-order chi connectivity index (χ0) is 18.2. The Balaban J connectivity index is 1.28. The maximum absolute atomic E-state index is 6.43. The predicted octanol–water partition coefficient (Wildman–Crippen LogP) is 3.46. The molecule has 0 amide bonds. The lowest BCUT2D eigenvalue weighted by Crippen LogP contribution is -2.38. The zero-order valence-electron chi connectivity index (χ0n) is 16.2. The van der Waals surface area contributed by atoms with E-state index in [2.05, 4.69) is 38.9 Å². The van der Waals surface area contributed by atoms with Gasteiger partial charge in [-0.3, -0.25) is 14.6 Å². The minimum absolute atomic E-state index is 0.312. The second-order valence-electron chi connectivity index (χ2n) is 8.86. The number of pyridine rings is 1. The predicted molar refractivity (Wildman–Crippen MR) is 104 cm³/mol. The van der Waals surface area contributed by atoms with E-state index < -0.39 is 0 Å². The molecule has 0 bridgehead atoms. The van der Waals surface area contributed by atoms with Gasteiger partial charge in [-0.1, -0.05) is 0 Å². The van der Waals surface area contributed by atoms with E-state index in [9.17, 15) is 0 Å². The van der Waals surface area contributed by atoms with Crippen LogP contribution in [0.15, 0.2) is 36.9 Å². The van der Waals surface area contributed by atoms with Crippen LogP contribution >= 0.6 is 0 Å². The van der Waals surface area contributed by atoms with Crippen LogP contribution in [-0.4, -0.2) is 45.5 Å². The number of aromatic nitrogens is 3. The Morgan fingerprint density at radius 1 is 1.15 bits per heavy atom. The van der Waals surface area contributed by atoms with E-state index in [1.54, 1.807) is 0 Å². The zero-order valence-corrected chi connectivity index (χ0v) is 16.2. The number of hydrogen-bond acceptors (Lipinski definition) is 4. The molecule has 144 valence electrons. The van der Waals surface area contributed by atoms with Crippen LogP contribution in [0.4, 0.5) is 0 Å². The summed E-state index contributed by atoms with van der Waals surface area (Å²) in [6.45, 7) is 6.53. The average Bonchev–Trinajstić information content (AvgIpc) is 3.18. The molecule has 1 aliphatic heterocycles. The molecule has 3 heterocycles. The molecule has 0 spiro atoms. The Morgan fingerprint density at radius 3 is 2.74 bits per heavy atom. The van der Waals surface area contributed by atoms with Crippen LogP contribution in [0.5, 0.6) is 0 Å². The van der Waals surface area contributed by atoms with Crippen molar-refractivity contribution in [1.82, 2.24) is 19.7 Å². The van der Waals surface area contributed by atoms with Gasteiger partial charge < -0.3 is 4.74 Å². The summed E-state index contributed by atoms with van der Waals surface area (Å²) in [6.07, 6.45) is 13.3. The minimum Gasteiger partial charge on any atom is -0.376 e. The summed E-state index contributed by atoms with van der Waals surface area (Å²) >= 11 is 0. The van der Waals surface area contributed by atoms with Crippen molar-refractivity contribution in [2.45, 2.75) is 51.3 Å². The van der Waals surface area contributed by atoms with Crippen molar-refractivity contribution in [2.75, 3.05) is 19.7 Å². The van der Waals surface area contributed by atoms with Crippen LogP contribution in [0.3, 0.4) is 0 Å². The molecule has 3 fully saturated rings. The smallest absolute Gasteiger partial charge is 0.0802 e. The van der Waals surface area contributed by atoms with Crippen molar-refractivity contribution in [3.05, 3.63) is 48.0 Å². The van der Waals surface area contributed by atoms with Gasteiger partial charge in [-0.05, 0) is 73.6 Å². The highest BCUT2D eigenvalue weighted by Crippen LogP contribution is 2.43. The van der Waals surface area contributed by atoms with Crippen LogP contribution in [-0.2, 0) is 11.3 Å². The van der Waals surface area contributed by atoms with Crippen LogP contribution < -0.4 is 0 Å². The molecule has 0 N–H and O–H groups in total. The van der Waals surface area contributed by atoms with Gasteiger partial charge in [0, 0.05) is 51.0 Å². The fraction of sp³-hybridized carbons (Fsp3) is 0.636. The third kappa shape index (κ3) is 3.81. The molecule has 1 saturated heterocycles. The number of aryl methyl sites for hydroxylation is 1. The number of hydrogen-bond donors (Lipinski definition) is 0. The van der Waals surface area contributed by atoms with Crippen molar-refractivity contribution in [2.24, 2.45) is 17.8 Å². The molecule has 0 unspecified atom stereocenters. The van der Waals surface area contributed by atoms with E-state index >= 15 is 0 Å². The number of rotatable bonds is 6. The van der Waals surface area contributed by atoms with Crippen LogP contribution in [0, 0.1) is 24.7 Å². The van der Waals surface area contributed by atoms with Gasteiger partial charge in [0.2, 0.25) is 0 Å². The molecule has 0 radical (unpaired) electrons. The highest BCUT2D eigenvalue weighted by Gasteiger charge is 2.44. The highest BCUT2D eigenvalue weighted by molar-refractivity contribution is 5.21. The number of fused-ring (bicyclic) bond motifs is 1. The molecule has 4 atom stereocenters. The summed E-state index contributed by atoms with van der Waals surface area (Å²) < 4.78 is 8.59. The van der Waals surface area contributed by atoms with Gasteiger partial charge in [-0.15, -0.1) is 0 Å². The fourth-order valence-electron chi connectivity index (χ4n) is 5.00. The van der Waals surface area contributed by atoms with Gasteiger partial charge in [0.15, 0.2) is 0 Å². The summed E-state index contributed by atoms with van der Waals surface area (Å²) in [5.41, 5.74) is 2.71. The molecular formula is C22H30N4O. The fourth-order valence-corrected chi connectivity index (χ4v) is 5.00. The minimum atomic E-state index is 0.312. The first-order valence-electron chi connectivity index (χ1n) is 10.5. The molecule has 2 aromatic heterocycles. The van der Waals surface area contributed by atoms with Crippen molar-refractivity contribution >= 4 is 0 Å². The summed E-state index contributed by atoms with van der Waals surface area (Å²) in [7, 11) is 0. The van der Waals surface area contributed by atoms with Gasteiger partial charge in [0.05, 0.1) is 12.1 Å². The monoisotopic (exact) mass is 366 g/mol. The maximum Gasteiger partial charge on any atom is 0.0802 e. The largest absolute Gasteiger partial charge is 0.376 e. The molecule has 5 rings (SSSR count). The van der Waals surface area contributed by atoms with Crippen LogP contribution in [0.1, 0.15) is 42.9 Å². The second kappa shape index (κ2) is 7.36. The number of nitrogens with zero attached hydrogens (tertiary/aromatic N) is 4. The lowest BCUT2D eigenvalue weighted by Gasteiger charge is -2.38. The van der Waals surface area contributed by atoms with Gasteiger partial charge in [-0.2, -0.15) is 5.10 Å². The molecule has 5 nitrogen and oxygen atoms in total. The molecule has 0 aromatic carbocycles. The van der Waals surface area contributed by atoms with Crippen LogP contribution in [0.2, 0.25) is 0 Å². The maximum atomic E-state index is 6.43. The SMILES string of the molecule is Cc1ccncc1CN1C[C@H]2C[C@H](OCC3CC3)[C@@H](n3cccn3)C[C@H]2C1. The van der Waals surface area contributed by atoms with Crippen molar-refractivity contribution in [3.63, 3.8) is 0 Å². The van der Waals surface area contributed by atoms with E-state index in [0.717, 1.165) is 30.9 Å². The standard InChI is InChI=1S/C22H30N4O/c1-16-5-7-23-11-20(16)14-25-12-18-9-21(26-8-2-6-24-26)22(10-19(18)13-25)27-15-17-3-4-17/h2,5-8,11,17-19,21-22H,3-4,9-10,12-15H2,1H3/t18-,19+,21-,22-/m0/s1. The summed E-state index contributed by atoms with van der Waals surface area (Å²) in [5.74, 6) is 2.31. The molecular weight excluding hydrogens is 336 g/mol. The number of ether oxygens (including phenoxy) is 1. The van der Waals surface area contributed by atoms with E-state index in [0.29, 0.717) is 12.1 Å². The molecule has 2 aliphatic carbocycles. The Labute approximate surface area is 161 Å². The van der Waals surface area contributed by atoms with E-state index in [1.807, 2.05) is 24.7 Å². The molecule has 5 heteroatoms. The lowest BCUT2D eigenvalue weighted by molar-refractivity contribution is -0.0371. The van der Waals surface area contributed by atoms with Crippen molar-refractivity contribution in [3.8, 4) is 0 Å². The first-order valence-corrected chi connectivity index (χ1v) is 10.5. The third-order valence-corrected chi connectivity index (χ3v) is 6.81. The van der Waals surface area contributed by atoms with Crippen molar-refractivity contribution in [1.29, 1.82) is 0 Å². The molecule has 2 saturated carbocycles. The van der Waals surface area contributed by atoms with E-state index in [1.165, 1.54) is 49.9 Å². The van der Waals surface area contributed by atoms with E-state index in [-0.39, 0.29) is 0 Å². The lowest BCUT2D eigenvalue weighted by atomic mass is 9.77.